The molecule has 0 N–H and O–H groups in total. The molecule has 9 aromatic rings. The van der Waals surface area contributed by atoms with Crippen molar-refractivity contribution in [2.24, 2.45) is 5.41 Å². The zero-order valence-corrected chi connectivity index (χ0v) is 37.1. The van der Waals surface area contributed by atoms with Crippen LogP contribution in [0.3, 0.4) is 0 Å². The Bertz CT molecular complexity index is 3200. The summed E-state index contributed by atoms with van der Waals surface area (Å²) in [5, 5.41) is 2.60. The Morgan fingerprint density at radius 2 is 1.17 bits per heavy atom. The third-order valence-corrected chi connectivity index (χ3v) is 15.6. The molecule has 12 rings (SSSR count). The molecule has 3 aliphatic rings. The zero-order chi connectivity index (χ0) is 43.0. The van der Waals surface area contributed by atoms with Gasteiger partial charge >= 0.3 is 0 Å². The minimum atomic E-state index is -0.0772. The third-order valence-electron chi connectivity index (χ3n) is 15.6. The average molecular weight is 827 g/mol. The van der Waals surface area contributed by atoms with E-state index < -0.39 is 0 Å². The summed E-state index contributed by atoms with van der Waals surface area (Å²) in [6.45, 7) is 8.28. The summed E-state index contributed by atoms with van der Waals surface area (Å²) in [6, 6.07) is 71.2. The highest BCUT2D eigenvalue weighted by molar-refractivity contribution is 5.95. The van der Waals surface area contributed by atoms with E-state index in [4.69, 9.17) is 0 Å². The fourth-order valence-corrected chi connectivity index (χ4v) is 12.4. The molecule has 0 saturated heterocycles. The van der Waals surface area contributed by atoms with Crippen LogP contribution in [-0.4, -0.2) is 0 Å². The van der Waals surface area contributed by atoms with Crippen LogP contribution >= 0.6 is 0 Å². The largest absolute Gasteiger partial charge is 0.220 e. The molecule has 0 radical (unpaired) electrons. The van der Waals surface area contributed by atoms with E-state index in [9.17, 15) is 0 Å². The summed E-state index contributed by atoms with van der Waals surface area (Å²) >= 11 is 0. The topological polar surface area (TPSA) is 7.76 Å². The molecule has 310 valence electrons. The van der Waals surface area contributed by atoms with Crippen molar-refractivity contribution in [2.45, 2.75) is 70.4 Å². The van der Waals surface area contributed by atoms with Gasteiger partial charge in [0.1, 0.15) is 0 Å². The number of unbranched alkanes of at least 4 members (excludes halogenated alkanes) is 1. The molecule has 2 aromatic heterocycles. The van der Waals surface area contributed by atoms with E-state index in [1.807, 2.05) is 0 Å². The van der Waals surface area contributed by atoms with Crippen LogP contribution < -0.4 is 9.13 Å². The maximum Gasteiger partial charge on any atom is 0.220 e. The van der Waals surface area contributed by atoms with Gasteiger partial charge in [-0.2, -0.15) is 9.13 Å². The van der Waals surface area contributed by atoms with E-state index >= 15 is 0 Å². The number of benzene rings is 7. The molecule has 64 heavy (non-hydrogen) atoms. The van der Waals surface area contributed by atoms with E-state index in [1.165, 1.54) is 107 Å². The number of aromatic nitrogens is 2. The monoisotopic (exact) mass is 826 g/mol. The highest BCUT2D eigenvalue weighted by Gasteiger charge is 2.85. The number of fused-ring (bicyclic) bond motifs is 11. The quantitative estimate of drug-likeness (QED) is 0.128. The second kappa shape index (κ2) is 15.1. The van der Waals surface area contributed by atoms with Crippen LogP contribution in [0.2, 0.25) is 0 Å². The first-order valence-electron chi connectivity index (χ1n) is 23.6. The molecule has 2 aliphatic heterocycles. The predicted octanol–water partition coefficient (Wildman–Crippen LogP) is 14.8. The predicted molar refractivity (Wildman–Crippen MR) is 264 cm³/mol. The summed E-state index contributed by atoms with van der Waals surface area (Å²) in [7, 11) is 0. The van der Waals surface area contributed by atoms with Crippen molar-refractivity contribution in [3.63, 3.8) is 0 Å². The van der Waals surface area contributed by atoms with Gasteiger partial charge in [0.25, 0.3) is 0 Å². The molecule has 2 nitrogen and oxygen atoms in total. The highest BCUT2D eigenvalue weighted by Crippen LogP contribution is 2.80. The molecule has 1 saturated carbocycles. The van der Waals surface area contributed by atoms with Gasteiger partial charge in [-0.3, -0.25) is 0 Å². The molecule has 1 fully saturated rings. The van der Waals surface area contributed by atoms with E-state index in [2.05, 4.69) is 230 Å². The van der Waals surface area contributed by atoms with Crippen LogP contribution in [0, 0.1) is 5.41 Å². The standard InChI is InChI=1S/C62H54N2/c1-4-6-18-42-29-32-58-54-27-15-16-28-56(54)62(60(64(58)40-42)61(62,3)5-2)57-41-63-34-33-45-23-13-14-26-52(45)59(63)55-39-48(30-31-53(55)57)46-24-17-25-47(35-46)51-37-49(43-19-9-7-10-20-43)36-50(38-51)44-21-11-8-12-22-44/h7-17,19-40,57,60H,4-6,18,41H2,1-3H3/q+2. The van der Waals surface area contributed by atoms with Gasteiger partial charge in [-0.15, -0.1) is 0 Å². The number of hydrogen-bond acceptors (Lipinski definition) is 0. The highest BCUT2D eigenvalue weighted by atomic mass is 15.2. The van der Waals surface area contributed by atoms with Crippen LogP contribution in [0.1, 0.15) is 68.7 Å². The van der Waals surface area contributed by atoms with Crippen molar-refractivity contribution in [3.8, 4) is 67.0 Å². The van der Waals surface area contributed by atoms with Gasteiger partial charge in [-0.25, -0.2) is 0 Å². The lowest BCUT2D eigenvalue weighted by atomic mass is 9.67. The van der Waals surface area contributed by atoms with Crippen molar-refractivity contribution >= 4 is 10.8 Å². The number of nitrogens with zero attached hydrogens (tertiary/aromatic N) is 2. The molecule has 0 spiro atoms. The molecule has 7 aromatic carbocycles. The molecule has 4 atom stereocenters. The minimum absolute atomic E-state index is 0.0686. The van der Waals surface area contributed by atoms with Gasteiger partial charge < -0.3 is 0 Å². The van der Waals surface area contributed by atoms with E-state index in [0.29, 0.717) is 6.04 Å². The lowest BCUT2D eigenvalue weighted by Gasteiger charge is -2.35. The first-order chi connectivity index (χ1) is 31.5. The molecule has 2 heteroatoms. The minimum Gasteiger partial charge on any atom is -0.197 e. The van der Waals surface area contributed by atoms with Gasteiger partial charge in [-0.1, -0.05) is 155 Å². The summed E-state index contributed by atoms with van der Waals surface area (Å²) in [5.41, 5.74) is 19.7. The molecule has 4 unspecified atom stereocenters. The summed E-state index contributed by atoms with van der Waals surface area (Å²) in [5.74, 6) is 0.273. The Kier molecular flexibility index (Phi) is 9.16. The first-order valence-corrected chi connectivity index (χ1v) is 23.6. The number of aryl methyl sites for hydroxylation is 1. The van der Waals surface area contributed by atoms with Crippen LogP contribution in [0.25, 0.3) is 77.8 Å². The van der Waals surface area contributed by atoms with Gasteiger partial charge in [0, 0.05) is 23.1 Å². The van der Waals surface area contributed by atoms with Crippen LogP contribution in [0.15, 0.2) is 200 Å². The number of hydrogen-bond donors (Lipinski definition) is 0. The van der Waals surface area contributed by atoms with Gasteiger partial charge in [0.05, 0.1) is 27.8 Å². The average Bonchev–Trinajstić information content (AvgIpc) is 3.95. The lowest BCUT2D eigenvalue weighted by molar-refractivity contribution is -0.706. The normalized spacial score (nSPS) is 20.1. The number of rotatable bonds is 9. The second-order valence-electron chi connectivity index (χ2n) is 18.9. The molecule has 1 aliphatic carbocycles. The Labute approximate surface area is 378 Å². The third kappa shape index (κ3) is 5.85. The van der Waals surface area contributed by atoms with Crippen molar-refractivity contribution < 1.29 is 9.13 Å². The van der Waals surface area contributed by atoms with Crippen LogP contribution in [-0.2, 0) is 18.4 Å². The van der Waals surface area contributed by atoms with Crippen molar-refractivity contribution in [3.05, 3.63) is 217 Å². The van der Waals surface area contributed by atoms with E-state index in [-0.39, 0.29) is 16.7 Å². The first kappa shape index (κ1) is 38.7. The molecule has 0 amide bonds. The Morgan fingerprint density at radius 1 is 0.547 bits per heavy atom. The Morgan fingerprint density at radius 3 is 1.91 bits per heavy atom. The fourth-order valence-electron chi connectivity index (χ4n) is 12.4. The smallest absolute Gasteiger partial charge is 0.197 e. The van der Waals surface area contributed by atoms with Gasteiger partial charge in [0.15, 0.2) is 25.0 Å². The Balaban J connectivity index is 1.03. The van der Waals surface area contributed by atoms with Gasteiger partial charge in [0.2, 0.25) is 11.4 Å². The fraction of sp³-hybridized carbons (Fsp3) is 0.194. The van der Waals surface area contributed by atoms with E-state index in [1.54, 1.807) is 0 Å². The van der Waals surface area contributed by atoms with E-state index in [0.717, 1.165) is 19.4 Å². The number of pyridine rings is 2. The van der Waals surface area contributed by atoms with Crippen molar-refractivity contribution in [1.29, 1.82) is 0 Å². The van der Waals surface area contributed by atoms with Crippen LogP contribution in [0.5, 0.6) is 0 Å². The van der Waals surface area contributed by atoms with Crippen molar-refractivity contribution in [2.75, 3.05) is 0 Å². The Hall–Kier alpha value is -6.90. The summed E-state index contributed by atoms with van der Waals surface area (Å²) < 4.78 is 5.34. The van der Waals surface area contributed by atoms with Gasteiger partial charge in [-0.05, 0) is 129 Å². The molecular weight excluding hydrogens is 773 g/mol. The lowest BCUT2D eigenvalue weighted by Crippen LogP contribution is -2.49. The maximum absolute atomic E-state index is 2.73. The maximum atomic E-state index is 2.73. The summed E-state index contributed by atoms with van der Waals surface area (Å²) in [6.07, 6.45) is 9.57. The zero-order valence-electron chi connectivity index (χ0n) is 37.1. The second-order valence-corrected chi connectivity index (χ2v) is 18.9. The SMILES string of the molecule is CCCCc1ccc2[n+](c1)C1C(C)(CC)C1(C1C[n+]3ccc4ccccc4c3-c3cc(-c4cccc(-c5cc(-c6ccccc6)cc(-c6ccccc6)c5)c4)ccc31)c1ccccc1-2. The van der Waals surface area contributed by atoms with Crippen molar-refractivity contribution in [1.82, 2.24) is 0 Å². The molecule has 0 bridgehead atoms. The molecular formula is C62H54N2+2. The summed E-state index contributed by atoms with van der Waals surface area (Å²) in [4.78, 5) is 0. The molecule has 4 heterocycles. The van der Waals surface area contributed by atoms with Crippen LogP contribution in [0.4, 0.5) is 0 Å².